The first-order chi connectivity index (χ1) is 8.05. The molecular weight excluding hydrogens is 218 g/mol. The molecule has 0 bridgehead atoms. The number of benzene rings is 1. The van der Waals surface area contributed by atoms with E-state index in [1.807, 2.05) is 31.2 Å². The molecule has 1 atom stereocenters. The molecule has 4 nitrogen and oxygen atoms in total. The average molecular weight is 237 g/mol. The molecule has 1 unspecified atom stereocenters. The molecule has 0 spiro atoms. The van der Waals surface area contributed by atoms with Crippen LogP contribution in [0.5, 0.6) is 5.75 Å². The van der Waals surface area contributed by atoms with Crippen LogP contribution in [0.1, 0.15) is 12.5 Å². The normalized spacial score (nSPS) is 13.9. The highest BCUT2D eigenvalue weighted by atomic mass is 16.5. The van der Waals surface area contributed by atoms with Gasteiger partial charge in [0.15, 0.2) is 0 Å². The van der Waals surface area contributed by atoms with Crippen LogP contribution in [-0.2, 0) is 16.0 Å². The number of methoxy groups -OCH3 is 2. The predicted molar refractivity (Wildman–Crippen MR) is 65.9 cm³/mol. The molecule has 2 N–H and O–H groups in total. The van der Waals surface area contributed by atoms with Crippen LogP contribution in [0, 0.1) is 5.41 Å². The Bertz CT molecular complexity index is 375. The number of carbonyl (C=O) groups is 1. The average Bonchev–Trinajstić information content (AvgIpc) is 2.38. The standard InChI is InChI=1S/C13H19NO3/c1-13(9-14,12(15)17-3)8-10-4-6-11(16-2)7-5-10/h4-7H,8-9,14H2,1-3H3. The maximum atomic E-state index is 11.7. The largest absolute Gasteiger partial charge is 0.497 e. The van der Waals surface area contributed by atoms with E-state index in [2.05, 4.69) is 0 Å². The molecule has 0 amide bonds. The Morgan fingerprint density at radius 1 is 1.29 bits per heavy atom. The van der Waals surface area contributed by atoms with E-state index in [-0.39, 0.29) is 12.5 Å². The molecule has 0 saturated carbocycles. The highest BCUT2D eigenvalue weighted by molar-refractivity contribution is 5.77. The highest BCUT2D eigenvalue weighted by Crippen LogP contribution is 2.24. The van der Waals surface area contributed by atoms with Crippen LogP contribution >= 0.6 is 0 Å². The summed E-state index contributed by atoms with van der Waals surface area (Å²) in [5.41, 5.74) is 6.02. The van der Waals surface area contributed by atoms with Crippen molar-refractivity contribution in [3.8, 4) is 5.75 Å². The maximum absolute atomic E-state index is 11.7. The first-order valence-corrected chi connectivity index (χ1v) is 5.47. The molecule has 0 heterocycles. The van der Waals surface area contributed by atoms with Crippen LogP contribution in [0.4, 0.5) is 0 Å². The molecule has 0 aromatic heterocycles. The summed E-state index contributed by atoms with van der Waals surface area (Å²) in [4.78, 5) is 11.7. The molecule has 0 radical (unpaired) electrons. The number of rotatable bonds is 5. The van der Waals surface area contributed by atoms with Crippen molar-refractivity contribution in [3.05, 3.63) is 29.8 Å². The fraction of sp³-hybridized carbons (Fsp3) is 0.462. The zero-order valence-corrected chi connectivity index (χ0v) is 10.5. The van der Waals surface area contributed by atoms with Crippen molar-refractivity contribution in [3.63, 3.8) is 0 Å². The van der Waals surface area contributed by atoms with Crippen molar-refractivity contribution < 1.29 is 14.3 Å². The molecule has 0 aliphatic rings. The van der Waals surface area contributed by atoms with Gasteiger partial charge >= 0.3 is 5.97 Å². The van der Waals surface area contributed by atoms with Crippen LogP contribution in [-0.4, -0.2) is 26.7 Å². The van der Waals surface area contributed by atoms with Crippen LogP contribution in [0.25, 0.3) is 0 Å². The zero-order valence-electron chi connectivity index (χ0n) is 10.5. The second-order valence-electron chi connectivity index (χ2n) is 4.28. The number of carbonyl (C=O) groups excluding carboxylic acids is 1. The van der Waals surface area contributed by atoms with Crippen LogP contribution in [0.3, 0.4) is 0 Å². The first kappa shape index (κ1) is 13.5. The quantitative estimate of drug-likeness (QED) is 0.786. The van der Waals surface area contributed by atoms with Gasteiger partial charge in [0.05, 0.1) is 19.6 Å². The van der Waals surface area contributed by atoms with Crippen molar-refractivity contribution in [1.29, 1.82) is 0 Å². The Kier molecular flexibility index (Phi) is 4.52. The molecule has 4 heteroatoms. The van der Waals surface area contributed by atoms with Gasteiger partial charge in [0.1, 0.15) is 5.75 Å². The van der Waals surface area contributed by atoms with Gasteiger partial charge in [0.2, 0.25) is 0 Å². The van der Waals surface area contributed by atoms with Crippen LogP contribution in [0.2, 0.25) is 0 Å². The van der Waals surface area contributed by atoms with Crippen molar-refractivity contribution in [2.24, 2.45) is 11.1 Å². The number of hydrogen-bond donors (Lipinski definition) is 1. The topological polar surface area (TPSA) is 61.5 Å². The van der Waals surface area contributed by atoms with E-state index < -0.39 is 5.41 Å². The van der Waals surface area contributed by atoms with Gasteiger partial charge in [-0.15, -0.1) is 0 Å². The van der Waals surface area contributed by atoms with Gasteiger partial charge < -0.3 is 15.2 Å². The summed E-state index contributed by atoms with van der Waals surface area (Å²) in [6.07, 6.45) is 0.556. The lowest BCUT2D eigenvalue weighted by Gasteiger charge is -2.24. The molecule has 0 aliphatic carbocycles. The van der Waals surface area contributed by atoms with Crippen molar-refractivity contribution in [1.82, 2.24) is 0 Å². The van der Waals surface area contributed by atoms with Gasteiger partial charge in [0, 0.05) is 6.54 Å². The zero-order chi connectivity index (χ0) is 12.9. The number of hydrogen-bond acceptors (Lipinski definition) is 4. The second-order valence-corrected chi connectivity index (χ2v) is 4.28. The minimum Gasteiger partial charge on any atom is -0.497 e. The molecule has 1 rings (SSSR count). The third kappa shape index (κ3) is 3.20. The van der Waals surface area contributed by atoms with Gasteiger partial charge in [-0.25, -0.2) is 0 Å². The van der Waals surface area contributed by atoms with Gasteiger partial charge in [-0.3, -0.25) is 4.79 Å². The van der Waals surface area contributed by atoms with E-state index >= 15 is 0 Å². The van der Waals surface area contributed by atoms with Crippen molar-refractivity contribution in [2.45, 2.75) is 13.3 Å². The Labute approximate surface area is 102 Å². The third-order valence-corrected chi connectivity index (χ3v) is 2.88. The molecule has 0 fully saturated rings. The fourth-order valence-electron chi connectivity index (χ4n) is 1.67. The van der Waals surface area contributed by atoms with E-state index in [4.69, 9.17) is 15.2 Å². The highest BCUT2D eigenvalue weighted by Gasteiger charge is 2.33. The van der Waals surface area contributed by atoms with Gasteiger partial charge in [-0.1, -0.05) is 12.1 Å². The van der Waals surface area contributed by atoms with Crippen molar-refractivity contribution >= 4 is 5.97 Å². The van der Waals surface area contributed by atoms with Gasteiger partial charge in [-0.05, 0) is 31.0 Å². The minimum absolute atomic E-state index is 0.256. The number of esters is 1. The van der Waals surface area contributed by atoms with Crippen LogP contribution < -0.4 is 10.5 Å². The molecule has 94 valence electrons. The van der Waals surface area contributed by atoms with E-state index in [9.17, 15) is 4.79 Å². The molecule has 0 saturated heterocycles. The molecule has 1 aromatic rings. The number of nitrogens with two attached hydrogens (primary N) is 1. The van der Waals surface area contributed by atoms with Crippen molar-refractivity contribution in [2.75, 3.05) is 20.8 Å². The Morgan fingerprint density at radius 2 is 1.88 bits per heavy atom. The number of ether oxygens (including phenoxy) is 2. The maximum Gasteiger partial charge on any atom is 0.313 e. The summed E-state index contributed by atoms with van der Waals surface area (Å²) in [5.74, 6) is 0.511. The monoisotopic (exact) mass is 237 g/mol. The third-order valence-electron chi connectivity index (χ3n) is 2.88. The summed E-state index contributed by atoms with van der Waals surface area (Å²) >= 11 is 0. The van der Waals surface area contributed by atoms with E-state index in [1.54, 1.807) is 7.11 Å². The molecular formula is C13H19NO3. The van der Waals surface area contributed by atoms with E-state index in [0.29, 0.717) is 6.42 Å². The Balaban J connectivity index is 2.83. The summed E-state index contributed by atoms with van der Waals surface area (Å²) < 4.78 is 9.86. The molecule has 17 heavy (non-hydrogen) atoms. The lowest BCUT2D eigenvalue weighted by molar-refractivity contribution is -0.151. The summed E-state index contributed by atoms with van der Waals surface area (Å²) in [6.45, 7) is 2.06. The van der Waals surface area contributed by atoms with E-state index in [1.165, 1.54) is 7.11 Å². The fourth-order valence-corrected chi connectivity index (χ4v) is 1.67. The van der Waals surface area contributed by atoms with E-state index in [0.717, 1.165) is 11.3 Å². The summed E-state index contributed by atoms with van der Waals surface area (Å²) in [7, 11) is 3.00. The first-order valence-electron chi connectivity index (χ1n) is 5.47. The summed E-state index contributed by atoms with van der Waals surface area (Å²) in [6, 6.07) is 7.58. The minimum atomic E-state index is -0.677. The smallest absolute Gasteiger partial charge is 0.313 e. The lowest BCUT2D eigenvalue weighted by atomic mass is 9.84. The van der Waals surface area contributed by atoms with Crippen LogP contribution in [0.15, 0.2) is 24.3 Å². The lowest BCUT2D eigenvalue weighted by Crippen LogP contribution is -2.38. The summed E-state index contributed by atoms with van der Waals surface area (Å²) in [5, 5.41) is 0. The Hall–Kier alpha value is -1.55. The van der Waals surface area contributed by atoms with Gasteiger partial charge in [-0.2, -0.15) is 0 Å². The molecule has 0 aliphatic heterocycles. The SMILES string of the molecule is COC(=O)C(C)(CN)Cc1ccc(OC)cc1. The second kappa shape index (κ2) is 5.68. The predicted octanol–water partition coefficient (Wildman–Crippen LogP) is 1.38. The van der Waals surface area contributed by atoms with Gasteiger partial charge in [0.25, 0.3) is 0 Å². The molecule has 1 aromatic carbocycles. The Morgan fingerprint density at radius 3 is 2.29 bits per heavy atom.